The van der Waals surface area contributed by atoms with Crippen LogP contribution in [0.15, 0.2) is 30.0 Å². The molecule has 6 heteroatoms. The molecule has 0 aromatic heterocycles. The second-order valence-corrected chi connectivity index (χ2v) is 9.18. The number of anilines is 1. The molecule has 2 aliphatic rings. The van der Waals surface area contributed by atoms with Crippen LogP contribution in [0.4, 0.5) is 5.69 Å². The molecule has 0 unspecified atom stereocenters. The maximum Gasteiger partial charge on any atom is 0.277 e. The number of likely N-dealkylation sites (tertiary alicyclic amines) is 1. The van der Waals surface area contributed by atoms with E-state index in [0.29, 0.717) is 29.4 Å². The molecule has 2 aliphatic heterocycles. The standard InChI is InChI=1S/C26H37N3O3/c1-4-5-6-7-8-9-16-29-25(31)23(21-10-12-22(13-11-21)27-20(3)30)24(26(29)32)28-17-14-19(2)15-18-28/h10-13,19H,4-9,14-18H2,1-3H3,(H,27,30). The fourth-order valence-corrected chi connectivity index (χ4v) is 4.53. The lowest BCUT2D eigenvalue weighted by atomic mass is 9.97. The smallest absolute Gasteiger partial charge is 0.277 e. The van der Waals surface area contributed by atoms with Gasteiger partial charge in [-0.3, -0.25) is 19.3 Å². The summed E-state index contributed by atoms with van der Waals surface area (Å²) < 4.78 is 0. The summed E-state index contributed by atoms with van der Waals surface area (Å²) in [6.07, 6.45) is 8.72. The number of nitrogens with zero attached hydrogens (tertiary/aromatic N) is 2. The molecular weight excluding hydrogens is 402 g/mol. The van der Waals surface area contributed by atoms with Crippen LogP contribution < -0.4 is 5.32 Å². The predicted octanol–water partition coefficient (Wildman–Crippen LogP) is 4.82. The molecule has 0 radical (unpaired) electrons. The van der Waals surface area contributed by atoms with Crippen LogP contribution >= 0.6 is 0 Å². The maximum absolute atomic E-state index is 13.4. The Kier molecular flexibility index (Phi) is 8.48. The summed E-state index contributed by atoms with van der Waals surface area (Å²) in [5.74, 6) is 0.152. The van der Waals surface area contributed by atoms with Gasteiger partial charge in [0.2, 0.25) is 5.91 Å². The molecule has 0 spiro atoms. The molecule has 32 heavy (non-hydrogen) atoms. The Labute approximate surface area is 192 Å². The van der Waals surface area contributed by atoms with Gasteiger partial charge in [0.05, 0.1) is 5.57 Å². The highest BCUT2D eigenvalue weighted by molar-refractivity contribution is 6.35. The molecule has 174 valence electrons. The van der Waals surface area contributed by atoms with Gasteiger partial charge in [0, 0.05) is 32.2 Å². The third-order valence-electron chi connectivity index (χ3n) is 6.47. The first kappa shape index (κ1) is 24.0. The van der Waals surface area contributed by atoms with E-state index >= 15 is 0 Å². The lowest BCUT2D eigenvalue weighted by Gasteiger charge is -2.32. The zero-order valence-corrected chi connectivity index (χ0v) is 19.8. The molecule has 0 atom stereocenters. The largest absolute Gasteiger partial charge is 0.366 e. The summed E-state index contributed by atoms with van der Waals surface area (Å²) in [7, 11) is 0. The number of carbonyl (C=O) groups excluding carboxylic acids is 3. The van der Waals surface area contributed by atoms with Crippen LogP contribution in [0.2, 0.25) is 0 Å². The molecule has 6 nitrogen and oxygen atoms in total. The van der Waals surface area contributed by atoms with Crippen LogP contribution in [0.5, 0.6) is 0 Å². The quantitative estimate of drug-likeness (QED) is 0.419. The molecule has 3 rings (SSSR count). The summed E-state index contributed by atoms with van der Waals surface area (Å²) in [6, 6.07) is 7.22. The van der Waals surface area contributed by atoms with Crippen molar-refractivity contribution in [2.75, 3.05) is 25.0 Å². The fourth-order valence-electron chi connectivity index (χ4n) is 4.53. The summed E-state index contributed by atoms with van der Waals surface area (Å²) in [6.45, 7) is 7.97. The molecule has 0 aliphatic carbocycles. The zero-order valence-electron chi connectivity index (χ0n) is 19.8. The van der Waals surface area contributed by atoms with Crippen LogP contribution in [0.3, 0.4) is 0 Å². The predicted molar refractivity (Wildman–Crippen MR) is 128 cm³/mol. The normalized spacial score (nSPS) is 17.5. The van der Waals surface area contributed by atoms with Crippen molar-refractivity contribution in [3.8, 4) is 0 Å². The second kappa shape index (κ2) is 11.3. The molecule has 0 saturated carbocycles. The fraction of sp³-hybridized carbons (Fsp3) is 0.577. The van der Waals surface area contributed by atoms with Gasteiger partial charge >= 0.3 is 0 Å². The first-order chi connectivity index (χ1) is 15.4. The minimum absolute atomic E-state index is 0.141. The summed E-state index contributed by atoms with van der Waals surface area (Å²) in [5.41, 5.74) is 2.47. The Morgan fingerprint density at radius 2 is 1.59 bits per heavy atom. The third-order valence-corrected chi connectivity index (χ3v) is 6.47. The van der Waals surface area contributed by atoms with E-state index in [0.717, 1.165) is 50.8 Å². The number of benzene rings is 1. The van der Waals surface area contributed by atoms with Gasteiger partial charge in [0.15, 0.2) is 0 Å². The number of piperidine rings is 1. The van der Waals surface area contributed by atoms with Crippen molar-refractivity contribution >= 4 is 29.0 Å². The van der Waals surface area contributed by atoms with Gasteiger partial charge in [-0.15, -0.1) is 0 Å². The minimum Gasteiger partial charge on any atom is -0.366 e. The molecule has 1 saturated heterocycles. The van der Waals surface area contributed by atoms with E-state index in [2.05, 4.69) is 24.1 Å². The van der Waals surface area contributed by atoms with E-state index in [4.69, 9.17) is 0 Å². The van der Waals surface area contributed by atoms with Gasteiger partial charge in [0.25, 0.3) is 11.8 Å². The molecule has 0 bridgehead atoms. The van der Waals surface area contributed by atoms with Crippen molar-refractivity contribution in [1.82, 2.24) is 9.80 Å². The van der Waals surface area contributed by atoms with E-state index in [1.807, 2.05) is 12.1 Å². The van der Waals surface area contributed by atoms with Crippen molar-refractivity contribution in [3.05, 3.63) is 35.5 Å². The Bertz CT molecular complexity index is 852. The topological polar surface area (TPSA) is 69.7 Å². The minimum atomic E-state index is -0.190. The van der Waals surface area contributed by atoms with Gasteiger partial charge in [-0.25, -0.2) is 0 Å². The zero-order chi connectivity index (χ0) is 23.1. The number of nitrogens with one attached hydrogen (secondary N) is 1. The molecular formula is C26H37N3O3. The highest BCUT2D eigenvalue weighted by atomic mass is 16.2. The summed E-state index contributed by atoms with van der Waals surface area (Å²) in [5, 5.41) is 2.75. The highest BCUT2D eigenvalue weighted by Gasteiger charge is 2.41. The van der Waals surface area contributed by atoms with E-state index in [1.54, 1.807) is 12.1 Å². The van der Waals surface area contributed by atoms with E-state index < -0.39 is 0 Å². The van der Waals surface area contributed by atoms with Gasteiger partial charge in [-0.2, -0.15) is 0 Å². The second-order valence-electron chi connectivity index (χ2n) is 9.18. The summed E-state index contributed by atoms with van der Waals surface area (Å²) >= 11 is 0. The van der Waals surface area contributed by atoms with Crippen molar-refractivity contribution < 1.29 is 14.4 Å². The number of hydrogen-bond acceptors (Lipinski definition) is 4. The molecule has 1 N–H and O–H groups in total. The van der Waals surface area contributed by atoms with E-state index in [9.17, 15) is 14.4 Å². The Morgan fingerprint density at radius 1 is 0.969 bits per heavy atom. The van der Waals surface area contributed by atoms with Gasteiger partial charge in [-0.05, 0) is 42.9 Å². The van der Waals surface area contributed by atoms with Gasteiger partial charge < -0.3 is 10.2 Å². The van der Waals surface area contributed by atoms with Gasteiger partial charge in [0.1, 0.15) is 5.70 Å². The lowest BCUT2D eigenvalue weighted by Crippen LogP contribution is -2.38. The van der Waals surface area contributed by atoms with Crippen LogP contribution in [0.1, 0.15) is 77.7 Å². The molecule has 2 heterocycles. The van der Waals surface area contributed by atoms with Crippen molar-refractivity contribution in [2.45, 2.75) is 72.1 Å². The highest BCUT2D eigenvalue weighted by Crippen LogP contribution is 2.34. The van der Waals surface area contributed by atoms with Crippen LogP contribution in [-0.2, 0) is 14.4 Å². The lowest BCUT2D eigenvalue weighted by molar-refractivity contribution is -0.137. The van der Waals surface area contributed by atoms with Gasteiger partial charge in [-0.1, -0.05) is 58.1 Å². The first-order valence-electron chi connectivity index (χ1n) is 12.2. The number of unbranched alkanes of at least 4 members (excludes halogenated alkanes) is 5. The number of rotatable bonds is 10. The third kappa shape index (κ3) is 5.78. The Hall–Kier alpha value is -2.63. The first-order valence-corrected chi connectivity index (χ1v) is 12.2. The van der Waals surface area contributed by atoms with Crippen molar-refractivity contribution in [2.24, 2.45) is 5.92 Å². The average Bonchev–Trinajstić information content (AvgIpc) is 3.01. The maximum atomic E-state index is 13.4. The number of imide groups is 1. The number of amides is 3. The molecule has 1 aromatic rings. The average molecular weight is 440 g/mol. The molecule has 1 aromatic carbocycles. The Balaban J connectivity index is 1.80. The number of carbonyl (C=O) groups is 3. The van der Waals surface area contributed by atoms with Crippen LogP contribution in [-0.4, -0.2) is 47.2 Å². The SMILES string of the molecule is CCCCCCCCN1C(=O)C(c2ccc(NC(C)=O)cc2)=C(N2CCC(C)CC2)C1=O. The van der Waals surface area contributed by atoms with Crippen LogP contribution in [0.25, 0.3) is 5.57 Å². The van der Waals surface area contributed by atoms with Crippen LogP contribution in [0, 0.1) is 5.92 Å². The van der Waals surface area contributed by atoms with Crippen molar-refractivity contribution in [3.63, 3.8) is 0 Å². The van der Waals surface area contributed by atoms with E-state index in [1.165, 1.54) is 31.1 Å². The molecule has 3 amide bonds. The molecule has 1 fully saturated rings. The van der Waals surface area contributed by atoms with Crippen molar-refractivity contribution in [1.29, 1.82) is 0 Å². The number of hydrogen-bond donors (Lipinski definition) is 1. The summed E-state index contributed by atoms with van der Waals surface area (Å²) in [4.78, 5) is 41.7. The Morgan fingerprint density at radius 3 is 2.22 bits per heavy atom. The monoisotopic (exact) mass is 439 g/mol. The van der Waals surface area contributed by atoms with E-state index in [-0.39, 0.29) is 17.7 Å².